The second-order valence-corrected chi connectivity index (χ2v) is 6.45. The molecule has 2 N–H and O–H groups in total. The monoisotopic (exact) mass is 370 g/mol. The summed E-state index contributed by atoms with van der Waals surface area (Å²) in [6.07, 6.45) is 0.425. The Labute approximate surface area is 156 Å². The third kappa shape index (κ3) is 3.73. The van der Waals surface area contributed by atoms with Crippen LogP contribution in [-0.4, -0.2) is 24.5 Å². The number of aryl methyl sites for hydroxylation is 1. The third-order valence-electron chi connectivity index (χ3n) is 4.26. The Morgan fingerprint density at radius 3 is 2.77 bits per heavy atom. The highest BCUT2D eigenvalue weighted by Gasteiger charge is 2.10. The first-order valence-corrected chi connectivity index (χ1v) is 8.60. The minimum Gasteiger partial charge on any atom is -0.495 e. The number of fused-ring (bicyclic) bond motifs is 1. The average molecular weight is 371 g/mol. The largest absolute Gasteiger partial charge is 0.495 e. The number of hydrogen-bond donors (Lipinski definition) is 2. The van der Waals surface area contributed by atoms with Crippen molar-refractivity contribution < 1.29 is 9.53 Å². The molecule has 1 heterocycles. The number of nitrogens with one attached hydrogen (secondary N) is 2. The molecule has 5 nitrogen and oxygen atoms in total. The molecule has 0 saturated carbocycles. The molecule has 0 unspecified atom stereocenters. The van der Waals surface area contributed by atoms with E-state index in [1.54, 1.807) is 31.4 Å². The number of carbonyl (C=O) groups excluding carboxylic acids is 1. The highest BCUT2D eigenvalue weighted by Crippen LogP contribution is 2.25. The van der Waals surface area contributed by atoms with Gasteiger partial charge in [-0.05, 0) is 49.2 Å². The van der Waals surface area contributed by atoms with Crippen molar-refractivity contribution in [1.82, 2.24) is 10.3 Å². The van der Waals surface area contributed by atoms with Crippen LogP contribution in [0.2, 0.25) is 5.02 Å². The van der Waals surface area contributed by atoms with Crippen molar-refractivity contribution in [3.8, 4) is 5.75 Å². The molecule has 0 aliphatic carbocycles. The number of ether oxygens (including phenoxy) is 1. The second kappa shape index (κ2) is 7.62. The maximum Gasteiger partial charge on any atom is 0.251 e. The van der Waals surface area contributed by atoms with E-state index >= 15 is 0 Å². The number of carbonyl (C=O) groups is 1. The van der Waals surface area contributed by atoms with Crippen molar-refractivity contribution in [3.63, 3.8) is 0 Å². The first-order chi connectivity index (χ1) is 12.5. The third-order valence-corrected chi connectivity index (χ3v) is 4.50. The van der Waals surface area contributed by atoms with Crippen molar-refractivity contribution >= 4 is 28.4 Å². The predicted molar refractivity (Wildman–Crippen MR) is 103 cm³/mol. The lowest BCUT2D eigenvalue weighted by Gasteiger charge is -2.10. The molecule has 3 rings (SSSR count). The Bertz CT molecular complexity index is 1030. The number of hydrogen-bond acceptors (Lipinski definition) is 3. The van der Waals surface area contributed by atoms with Crippen molar-refractivity contribution in [3.05, 3.63) is 74.5 Å². The van der Waals surface area contributed by atoms with Crippen molar-refractivity contribution in [2.45, 2.75) is 13.3 Å². The summed E-state index contributed by atoms with van der Waals surface area (Å²) in [5.74, 6) is 0.408. The lowest BCUT2D eigenvalue weighted by molar-refractivity contribution is 0.0954. The van der Waals surface area contributed by atoms with Crippen LogP contribution in [0.1, 0.15) is 21.5 Å². The van der Waals surface area contributed by atoms with Crippen LogP contribution in [0.15, 0.2) is 47.3 Å². The Hall–Kier alpha value is -2.79. The van der Waals surface area contributed by atoms with Gasteiger partial charge in [0.15, 0.2) is 0 Å². The van der Waals surface area contributed by atoms with Gasteiger partial charge in [0.1, 0.15) is 5.75 Å². The number of amides is 1. The molecule has 6 heteroatoms. The Kier molecular flexibility index (Phi) is 5.28. The van der Waals surface area contributed by atoms with Gasteiger partial charge in [-0.1, -0.05) is 23.7 Å². The number of pyridine rings is 1. The van der Waals surface area contributed by atoms with E-state index in [-0.39, 0.29) is 11.5 Å². The number of aromatic nitrogens is 1. The standard InChI is InChI=1S/C20H19ClN2O3/c1-12-6-7-17(26-2)18-16(12)11-14(20(25)23-18)8-9-22-19(24)13-4-3-5-15(21)10-13/h3-7,10-11H,8-9H2,1-2H3,(H,22,24)(H,23,25). The van der Waals surface area contributed by atoms with Crippen LogP contribution in [0.3, 0.4) is 0 Å². The van der Waals surface area contributed by atoms with E-state index in [1.807, 2.05) is 25.1 Å². The number of rotatable bonds is 5. The molecule has 0 fully saturated rings. The van der Waals surface area contributed by atoms with E-state index in [1.165, 1.54) is 0 Å². The molecule has 0 radical (unpaired) electrons. The second-order valence-electron chi connectivity index (χ2n) is 6.01. The van der Waals surface area contributed by atoms with Crippen LogP contribution in [-0.2, 0) is 6.42 Å². The molecule has 1 amide bonds. The molecule has 0 spiro atoms. The zero-order valence-electron chi connectivity index (χ0n) is 14.6. The topological polar surface area (TPSA) is 71.2 Å². The minimum atomic E-state index is -0.220. The molecule has 0 saturated heterocycles. The molecule has 2 aromatic carbocycles. The molecular formula is C20H19ClN2O3. The van der Waals surface area contributed by atoms with Crippen molar-refractivity contribution in [2.75, 3.05) is 13.7 Å². The van der Waals surface area contributed by atoms with E-state index < -0.39 is 0 Å². The van der Waals surface area contributed by atoms with Gasteiger partial charge in [-0.3, -0.25) is 9.59 Å². The van der Waals surface area contributed by atoms with Crippen LogP contribution in [0.25, 0.3) is 10.9 Å². The van der Waals surface area contributed by atoms with Gasteiger partial charge in [-0.2, -0.15) is 0 Å². The van der Waals surface area contributed by atoms with Gasteiger partial charge >= 0.3 is 0 Å². The Balaban J connectivity index is 1.77. The zero-order chi connectivity index (χ0) is 18.7. The van der Waals surface area contributed by atoms with Gasteiger partial charge in [0, 0.05) is 28.1 Å². The molecular weight excluding hydrogens is 352 g/mol. The maximum atomic E-state index is 12.4. The fraction of sp³-hybridized carbons (Fsp3) is 0.200. The first-order valence-electron chi connectivity index (χ1n) is 8.23. The van der Waals surface area contributed by atoms with Gasteiger partial charge < -0.3 is 15.0 Å². The van der Waals surface area contributed by atoms with Crippen LogP contribution in [0, 0.1) is 6.92 Å². The van der Waals surface area contributed by atoms with E-state index in [0.717, 1.165) is 10.9 Å². The lowest BCUT2D eigenvalue weighted by Crippen LogP contribution is -2.27. The van der Waals surface area contributed by atoms with E-state index in [9.17, 15) is 9.59 Å². The first kappa shape index (κ1) is 18.0. The van der Waals surface area contributed by atoms with E-state index in [2.05, 4.69) is 10.3 Å². The number of benzene rings is 2. The van der Waals surface area contributed by atoms with Gasteiger partial charge in [0.05, 0.1) is 12.6 Å². The number of aromatic amines is 1. The van der Waals surface area contributed by atoms with E-state index in [0.29, 0.717) is 40.4 Å². The summed E-state index contributed by atoms with van der Waals surface area (Å²) in [5, 5.41) is 4.25. The number of H-pyrrole nitrogens is 1. The Morgan fingerprint density at radius 1 is 1.23 bits per heavy atom. The quantitative estimate of drug-likeness (QED) is 0.722. The SMILES string of the molecule is COc1ccc(C)c2cc(CCNC(=O)c3cccc(Cl)c3)c(=O)[nH]c12. The highest BCUT2D eigenvalue weighted by molar-refractivity contribution is 6.30. The van der Waals surface area contributed by atoms with Crippen LogP contribution in [0.4, 0.5) is 0 Å². The summed E-state index contributed by atoms with van der Waals surface area (Å²) in [6.45, 7) is 2.33. The molecule has 0 atom stereocenters. The minimum absolute atomic E-state index is 0.182. The van der Waals surface area contributed by atoms with Gasteiger partial charge in [-0.15, -0.1) is 0 Å². The van der Waals surface area contributed by atoms with E-state index in [4.69, 9.17) is 16.3 Å². The summed E-state index contributed by atoms with van der Waals surface area (Å²) in [6, 6.07) is 12.4. The van der Waals surface area contributed by atoms with Crippen molar-refractivity contribution in [1.29, 1.82) is 0 Å². The van der Waals surface area contributed by atoms with Crippen LogP contribution >= 0.6 is 11.6 Å². The smallest absolute Gasteiger partial charge is 0.251 e. The average Bonchev–Trinajstić information content (AvgIpc) is 2.63. The van der Waals surface area contributed by atoms with Crippen molar-refractivity contribution in [2.24, 2.45) is 0 Å². The Morgan fingerprint density at radius 2 is 2.04 bits per heavy atom. The fourth-order valence-electron chi connectivity index (χ4n) is 2.85. The van der Waals surface area contributed by atoms with Gasteiger partial charge in [0.2, 0.25) is 0 Å². The summed E-state index contributed by atoms with van der Waals surface area (Å²) < 4.78 is 5.31. The van der Waals surface area contributed by atoms with Gasteiger partial charge in [0.25, 0.3) is 11.5 Å². The molecule has 0 bridgehead atoms. The number of halogens is 1. The summed E-state index contributed by atoms with van der Waals surface area (Å²) in [7, 11) is 1.57. The van der Waals surface area contributed by atoms with Crippen LogP contribution in [0.5, 0.6) is 5.75 Å². The molecule has 1 aromatic heterocycles. The summed E-state index contributed by atoms with van der Waals surface area (Å²) in [4.78, 5) is 27.4. The van der Waals surface area contributed by atoms with Gasteiger partial charge in [-0.25, -0.2) is 0 Å². The fourth-order valence-corrected chi connectivity index (χ4v) is 3.04. The normalized spacial score (nSPS) is 10.7. The molecule has 0 aliphatic rings. The molecule has 3 aromatic rings. The number of methoxy groups -OCH3 is 1. The highest BCUT2D eigenvalue weighted by atomic mass is 35.5. The maximum absolute atomic E-state index is 12.4. The zero-order valence-corrected chi connectivity index (χ0v) is 15.3. The molecule has 0 aliphatic heterocycles. The van der Waals surface area contributed by atoms with Crippen LogP contribution < -0.4 is 15.6 Å². The predicted octanol–water partition coefficient (Wildman–Crippen LogP) is 3.47. The summed E-state index contributed by atoms with van der Waals surface area (Å²) in [5.41, 5.74) is 2.65. The molecule has 26 heavy (non-hydrogen) atoms. The summed E-state index contributed by atoms with van der Waals surface area (Å²) >= 11 is 5.90. The lowest BCUT2D eigenvalue weighted by atomic mass is 10.1. The molecule has 134 valence electrons.